The lowest BCUT2D eigenvalue weighted by molar-refractivity contribution is 0.793. The third-order valence-electron chi connectivity index (χ3n) is 12.5. The summed E-state index contributed by atoms with van der Waals surface area (Å²) in [5.41, 5.74) is 19.3. The van der Waals surface area contributed by atoms with Gasteiger partial charge in [-0.05, 0) is 87.0 Å². The van der Waals surface area contributed by atoms with Crippen molar-refractivity contribution in [2.45, 2.75) is 5.41 Å². The van der Waals surface area contributed by atoms with Gasteiger partial charge in [-0.2, -0.15) is 0 Å². The number of anilines is 3. The molecule has 0 radical (unpaired) electrons. The SMILES string of the molecule is c1ccc(-c2ccccc2N(c2ccc(-c3nc(-c4ccccc4)c4ccccc4n3)cc2)c2cccc3c2C2(c4ccccc4-c4ccccc42)c2ccccc2-3)cc1. The lowest BCUT2D eigenvalue weighted by Gasteiger charge is -2.36. The van der Waals surface area contributed by atoms with E-state index < -0.39 is 5.41 Å². The Morgan fingerprint density at radius 3 is 1.50 bits per heavy atom. The van der Waals surface area contributed by atoms with Crippen LogP contribution in [-0.4, -0.2) is 9.97 Å². The van der Waals surface area contributed by atoms with Crippen LogP contribution in [-0.2, 0) is 5.41 Å². The summed E-state index contributed by atoms with van der Waals surface area (Å²) < 4.78 is 0. The Kier molecular flexibility index (Phi) is 7.76. The second-order valence-corrected chi connectivity index (χ2v) is 15.6. The van der Waals surface area contributed by atoms with Crippen molar-refractivity contribution < 1.29 is 0 Å². The molecule has 3 nitrogen and oxygen atoms in total. The smallest absolute Gasteiger partial charge is 0.160 e. The first-order valence-corrected chi connectivity index (χ1v) is 20.6. The lowest BCUT2D eigenvalue weighted by Crippen LogP contribution is -2.28. The molecule has 9 aromatic carbocycles. The first-order valence-electron chi connectivity index (χ1n) is 20.6. The van der Waals surface area contributed by atoms with Crippen molar-refractivity contribution in [1.29, 1.82) is 0 Å². The maximum absolute atomic E-state index is 5.22. The highest BCUT2D eigenvalue weighted by molar-refractivity contribution is 6.01. The molecule has 1 heterocycles. The van der Waals surface area contributed by atoms with Crippen molar-refractivity contribution >= 4 is 28.0 Å². The molecule has 10 aromatic rings. The van der Waals surface area contributed by atoms with E-state index in [4.69, 9.17) is 9.97 Å². The summed E-state index contributed by atoms with van der Waals surface area (Å²) in [6, 6.07) is 81.0. The molecule has 0 aliphatic heterocycles. The average molecular weight is 764 g/mol. The second kappa shape index (κ2) is 13.6. The first-order chi connectivity index (χ1) is 29.8. The predicted molar refractivity (Wildman–Crippen MR) is 247 cm³/mol. The van der Waals surface area contributed by atoms with Gasteiger partial charge in [0.15, 0.2) is 5.82 Å². The highest BCUT2D eigenvalue weighted by Gasteiger charge is 2.53. The van der Waals surface area contributed by atoms with Crippen molar-refractivity contribution in [3.8, 4) is 56.0 Å². The molecule has 1 spiro atoms. The molecule has 60 heavy (non-hydrogen) atoms. The minimum Gasteiger partial charge on any atom is -0.310 e. The van der Waals surface area contributed by atoms with E-state index in [-0.39, 0.29) is 0 Å². The Morgan fingerprint density at radius 1 is 0.333 bits per heavy atom. The largest absolute Gasteiger partial charge is 0.310 e. The topological polar surface area (TPSA) is 29.0 Å². The molecule has 3 heteroatoms. The molecular weight excluding hydrogens is 727 g/mol. The Bertz CT molecular complexity index is 3200. The zero-order valence-electron chi connectivity index (χ0n) is 32.7. The van der Waals surface area contributed by atoms with Crippen LogP contribution in [0.5, 0.6) is 0 Å². The van der Waals surface area contributed by atoms with Crippen LogP contribution in [0, 0.1) is 0 Å². The summed E-state index contributed by atoms with van der Waals surface area (Å²) in [6.07, 6.45) is 0. The van der Waals surface area contributed by atoms with Crippen LogP contribution in [0.1, 0.15) is 22.3 Å². The van der Waals surface area contributed by atoms with Gasteiger partial charge >= 0.3 is 0 Å². The number of aromatic nitrogens is 2. The lowest BCUT2D eigenvalue weighted by atomic mass is 9.70. The quantitative estimate of drug-likeness (QED) is 0.169. The molecule has 0 bridgehead atoms. The minimum atomic E-state index is -0.525. The summed E-state index contributed by atoms with van der Waals surface area (Å²) in [7, 11) is 0. The molecule has 0 fully saturated rings. The van der Waals surface area contributed by atoms with Gasteiger partial charge in [-0.15, -0.1) is 0 Å². The normalized spacial score (nSPS) is 12.8. The number of rotatable bonds is 6. The molecular formula is C57H37N3. The van der Waals surface area contributed by atoms with Crippen LogP contribution in [0.4, 0.5) is 17.1 Å². The predicted octanol–water partition coefficient (Wildman–Crippen LogP) is 14.4. The van der Waals surface area contributed by atoms with Gasteiger partial charge in [0.25, 0.3) is 0 Å². The van der Waals surface area contributed by atoms with Crippen molar-refractivity contribution in [1.82, 2.24) is 9.97 Å². The van der Waals surface area contributed by atoms with E-state index in [0.717, 1.165) is 55.9 Å². The van der Waals surface area contributed by atoms with E-state index in [1.54, 1.807) is 0 Å². The number of para-hydroxylation sites is 2. The highest BCUT2D eigenvalue weighted by Crippen LogP contribution is 2.65. The molecule has 0 atom stereocenters. The molecule has 2 aliphatic carbocycles. The van der Waals surface area contributed by atoms with Gasteiger partial charge in [-0.25, -0.2) is 9.97 Å². The fourth-order valence-corrected chi connectivity index (χ4v) is 10.0. The van der Waals surface area contributed by atoms with Crippen LogP contribution in [0.25, 0.3) is 66.9 Å². The molecule has 0 saturated carbocycles. The standard InChI is InChI=1S/C57H37N3/c1-3-18-38(19-4-1)42-22-11-16-32-52(42)60(41-36-34-40(35-37-41)56-58-51-31-15-10-26-47(51)55(59-56)39-20-5-2-6-21-39)53-33-17-27-46-45-25-9-14-30-50(45)57(54(46)53)48-28-12-7-23-43(48)44-24-8-13-29-49(44)57/h1-37H. The monoisotopic (exact) mass is 763 g/mol. The molecule has 0 unspecified atom stereocenters. The number of benzene rings is 9. The Morgan fingerprint density at radius 2 is 0.833 bits per heavy atom. The zero-order chi connectivity index (χ0) is 39.6. The molecule has 0 saturated heterocycles. The van der Waals surface area contributed by atoms with E-state index in [2.05, 4.69) is 217 Å². The van der Waals surface area contributed by atoms with Crippen molar-refractivity contribution in [3.05, 3.63) is 247 Å². The number of fused-ring (bicyclic) bond motifs is 11. The highest BCUT2D eigenvalue weighted by atomic mass is 15.1. The number of hydrogen-bond donors (Lipinski definition) is 0. The van der Waals surface area contributed by atoms with Crippen LogP contribution in [0.3, 0.4) is 0 Å². The molecule has 280 valence electrons. The molecule has 12 rings (SSSR count). The van der Waals surface area contributed by atoms with Crippen LogP contribution in [0.2, 0.25) is 0 Å². The third-order valence-corrected chi connectivity index (χ3v) is 12.5. The summed E-state index contributed by atoms with van der Waals surface area (Å²) >= 11 is 0. The minimum absolute atomic E-state index is 0.525. The van der Waals surface area contributed by atoms with E-state index in [9.17, 15) is 0 Å². The van der Waals surface area contributed by atoms with Gasteiger partial charge in [0.1, 0.15) is 0 Å². The Labute approximate surface area is 349 Å². The van der Waals surface area contributed by atoms with Gasteiger partial charge in [-0.3, -0.25) is 0 Å². The summed E-state index contributed by atoms with van der Waals surface area (Å²) in [4.78, 5) is 12.8. The van der Waals surface area contributed by atoms with Crippen LogP contribution >= 0.6 is 0 Å². The molecule has 0 N–H and O–H groups in total. The van der Waals surface area contributed by atoms with E-state index in [1.807, 2.05) is 12.1 Å². The van der Waals surface area contributed by atoms with Crippen LogP contribution < -0.4 is 4.90 Å². The van der Waals surface area contributed by atoms with E-state index in [0.29, 0.717) is 5.82 Å². The Balaban J connectivity index is 1.11. The van der Waals surface area contributed by atoms with Gasteiger partial charge in [0.05, 0.1) is 28.0 Å². The van der Waals surface area contributed by atoms with Crippen molar-refractivity contribution in [2.24, 2.45) is 0 Å². The number of nitrogens with zero attached hydrogens (tertiary/aromatic N) is 3. The zero-order valence-corrected chi connectivity index (χ0v) is 32.7. The summed E-state index contributed by atoms with van der Waals surface area (Å²) in [5.74, 6) is 0.699. The maximum Gasteiger partial charge on any atom is 0.160 e. The van der Waals surface area contributed by atoms with Crippen molar-refractivity contribution in [3.63, 3.8) is 0 Å². The Hall–Kier alpha value is -7.88. The van der Waals surface area contributed by atoms with E-state index >= 15 is 0 Å². The summed E-state index contributed by atoms with van der Waals surface area (Å²) in [6.45, 7) is 0. The fraction of sp³-hybridized carbons (Fsp3) is 0.0175. The fourth-order valence-electron chi connectivity index (χ4n) is 10.0. The average Bonchev–Trinajstić information content (AvgIpc) is 3.80. The van der Waals surface area contributed by atoms with Crippen LogP contribution in [0.15, 0.2) is 224 Å². The van der Waals surface area contributed by atoms with Gasteiger partial charge in [0, 0.05) is 33.3 Å². The van der Waals surface area contributed by atoms with Gasteiger partial charge in [-0.1, -0.05) is 182 Å². The third kappa shape index (κ3) is 5.03. The van der Waals surface area contributed by atoms with Gasteiger partial charge < -0.3 is 4.90 Å². The number of hydrogen-bond acceptors (Lipinski definition) is 3. The van der Waals surface area contributed by atoms with Gasteiger partial charge in [0.2, 0.25) is 0 Å². The first kappa shape index (κ1) is 34.2. The molecule has 0 amide bonds. The van der Waals surface area contributed by atoms with Crippen molar-refractivity contribution in [2.75, 3.05) is 4.90 Å². The van der Waals surface area contributed by atoms with E-state index in [1.165, 1.54) is 44.5 Å². The second-order valence-electron chi connectivity index (χ2n) is 15.6. The summed E-state index contributed by atoms with van der Waals surface area (Å²) in [5, 5.41) is 1.04. The maximum atomic E-state index is 5.22. The molecule has 1 aromatic heterocycles. The molecule has 2 aliphatic rings.